The van der Waals surface area contributed by atoms with E-state index in [1.165, 1.54) is 0 Å². The number of benzene rings is 1. The van der Waals surface area contributed by atoms with Crippen molar-refractivity contribution in [1.82, 2.24) is 10.6 Å². The smallest absolute Gasteiger partial charge is 0.251 e. The number of nitrogens with one attached hydrogen (secondary N) is 2. The summed E-state index contributed by atoms with van der Waals surface area (Å²) in [6, 6.07) is 5.37. The zero-order chi connectivity index (χ0) is 14.7. The summed E-state index contributed by atoms with van der Waals surface area (Å²) in [5.41, 5.74) is 1.59. The van der Waals surface area contributed by atoms with Crippen molar-refractivity contribution in [3.05, 3.63) is 34.3 Å². The summed E-state index contributed by atoms with van der Waals surface area (Å²) in [6.07, 6.45) is 1.13. The summed E-state index contributed by atoms with van der Waals surface area (Å²) in [6.45, 7) is 4.61. The summed E-state index contributed by atoms with van der Waals surface area (Å²) >= 11 is 6.19. The van der Waals surface area contributed by atoms with Crippen molar-refractivity contribution in [2.24, 2.45) is 0 Å². The van der Waals surface area contributed by atoms with E-state index in [2.05, 4.69) is 24.5 Å². The van der Waals surface area contributed by atoms with Gasteiger partial charge in [-0.05, 0) is 30.0 Å². The third kappa shape index (κ3) is 3.51. The zero-order valence-corrected chi connectivity index (χ0v) is 12.5. The number of halogens is 1. The van der Waals surface area contributed by atoms with Gasteiger partial charge in [-0.25, -0.2) is 0 Å². The van der Waals surface area contributed by atoms with E-state index in [9.17, 15) is 9.59 Å². The first-order valence-electron chi connectivity index (χ1n) is 6.84. The second-order valence-corrected chi connectivity index (χ2v) is 5.81. The number of rotatable bonds is 3. The van der Waals surface area contributed by atoms with Gasteiger partial charge in [0.25, 0.3) is 5.91 Å². The molecule has 0 spiro atoms. The van der Waals surface area contributed by atoms with Gasteiger partial charge in [-0.2, -0.15) is 0 Å². The molecule has 0 aliphatic carbocycles. The van der Waals surface area contributed by atoms with E-state index in [0.717, 1.165) is 5.56 Å². The lowest BCUT2D eigenvalue weighted by molar-refractivity contribution is -0.122. The summed E-state index contributed by atoms with van der Waals surface area (Å²) in [5, 5.41) is 6.28. The predicted octanol–water partition coefficient (Wildman–Crippen LogP) is 2.47. The van der Waals surface area contributed by atoms with E-state index in [1.807, 2.05) is 6.07 Å². The largest absolute Gasteiger partial charge is 0.354 e. The van der Waals surface area contributed by atoms with Crippen LogP contribution in [0.25, 0.3) is 0 Å². The first-order valence-corrected chi connectivity index (χ1v) is 7.22. The molecule has 1 aromatic rings. The van der Waals surface area contributed by atoms with E-state index in [4.69, 9.17) is 11.6 Å². The molecule has 1 aliphatic rings. The lowest BCUT2D eigenvalue weighted by Crippen LogP contribution is -2.47. The molecule has 20 heavy (non-hydrogen) atoms. The molecule has 108 valence electrons. The van der Waals surface area contributed by atoms with Crippen LogP contribution < -0.4 is 10.6 Å². The maximum absolute atomic E-state index is 12.1. The minimum atomic E-state index is -0.150. The third-order valence-corrected chi connectivity index (χ3v) is 3.81. The number of amides is 2. The summed E-state index contributed by atoms with van der Waals surface area (Å²) in [7, 11) is 0. The monoisotopic (exact) mass is 294 g/mol. The average Bonchev–Trinajstić information content (AvgIpc) is 2.40. The van der Waals surface area contributed by atoms with Gasteiger partial charge in [0.15, 0.2) is 0 Å². The van der Waals surface area contributed by atoms with Crippen LogP contribution in [0.15, 0.2) is 18.2 Å². The van der Waals surface area contributed by atoms with Crippen LogP contribution >= 0.6 is 11.6 Å². The Kier molecular flexibility index (Phi) is 4.65. The predicted molar refractivity (Wildman–Crippen MR) is 79.0 cm³/mol. The highest BCUT2D eigenvalue weighted by Crippen LogP contribution is 2.25. The Morgan fingerprint density at radius 1 is 1.45 bits per heavy atom. The van der Waals surface area contributed by atoms with Crippen LogP contribution in [0, 0.1) is 0 Å². The molecule has 1 atom stereocenters. The van der Waals surface area contributed by atoms with Gasteiger partial charge in [0, 0.05) is 29.6 Å². The molecule has 1 fully saturated rings. The van der Waals surface area contributed by atoms with Gasteiger partial charge in [0.1, 0.15) is 0 Å². The van der Waals surface area contributed by atoms with Crippen LogP contribution in [0.2, 0.25) is 5.02 Å². The molecule has 1 saturated heterocycles. The fraction of sp³-hybridized carbons (Fsp3) is 0.467. The van der Waals surface area contributed by atoms with E-state index in [1.54, 1.807) is 12.1 Å². The lowest BCUT2D eigenvalue weighted by atomic mass is 10.0. The van der Waals surface area contributed by atoms with Gasteiger partial charge >= 0.3 is 0 Å². The first-order chi connectivity index (χ1) is 9.47. The van der Waals surface area contributed by atoms with Gasteiger partial charge < -0.3 is 10.6 Å². The molecule has 4 nitrogen and oxygen atoms in total. The van der Waals surface area contributed by atoms with Crippen molar-refractivity contribution in [3.8, 4) is 0 Å². The molecule has 0 radical (unpaired) electrons. The van der Waals surface area contributed by atoms with E-state index in [-0.39, 0.29) is 17.9 Å². The van der Waals surface area contributed by atoms with Crippen molar-refractivity contribution in [2.45, 2.75) is 38.6 Å². The third-order valence-electron chi connectivity index (χ3n) is 3.49. The quantitative estimate of drug-likeness (QED) is 0.900. The highest BCUT2D eigenvalue weighted by molar-refractivity contribution is 6.31. The van der Waals surface area contributed by atoms with Crippen molar-refractivity contribution >= 4 is 23.4 Å². The zero-order valence-electron chi connectivity index (χ0n) is 11.7. The molecular weight excluding hydrogens is 276 g/mol. The Morgan fingerprint density at radius 2 is 2.20 bits per heavy atom. The van der Waals surface area contributed by atoms with E-state index < -0.39 is 0 Å². The molecule has 5 heteroatoms. The topological polar surface area (TPSA) is 58.2 Å². The maximum atomic E-state index is 12.1. The van der Waals surface area contributed by atoms with Crippen LogP contribution in [0.1, 0.15) is 48.5 Å². The van der Waals surface area contributed by atoms with Gasteiger partial charge in [0.05, 0.1) is 0 Å². The molecule has 0 saturated carbocycles. The molecule has 1 heterocycles. The van der Waals surface area contributed by atoms with Crippen molar-refractivity contribution in [1.29, 1.82) is 0 Å². The van der Waals surface area contributed by atoms with Crippen LogP contribution in [0.4, 0.5) is 0 Å². The van der Waals surface area contributed by atoms with Crippen LogP contribution in [-0.2, 0) is 4.79 Å². The van der Waals surface area contributed by atoms with Crippen LogP contribution in [0.5, 0.6) is 0 Å². The maximum Gasteiger partial charge on any atom is 0.251 e. The first kappa shape index (κ1) is 14.9. The molecule has 2 rings (SSSR count). The Morgan fingerprint density at radius 3 is 2.75 bits per heavy atom. The fourth-order valence-electron chi connectivity index (χ4n) is 2.26. The molecule has 1 unspecified atom stereocenters. The number of hydrogen-bond acceptors (Lipinski definition) is 2. The molecule has 1 aromatic carbocycles. The summed E-state index contributed by atoms with van der Waals surface area (Å²) < 4.78 is 0. The Bertz CT molecular complexity index is 519. The number of piperidine rings is 1. The van der Waals surface area contributed by atoms with E-state index in [0.29, 0.717) is 35.9 Å². The molecule has 2 amide bonds. The van der Waals surface area contributed by atoms with E-state index >= 15 is 0 Å². The number of carbonyl (C=O) groups excluding carboxylic acids is 2. The van der Waals surface area contributed by atoms with Crippen molar-refractivity contribution < 1.29 is 9.59 Å². The molecule has 1 aliphatic heterocycles. The van der Waals surface area contributed by atoms with Gasteiger partial charge in [0.2, 0.25) is 5.91 Å². The number of hydrogen-bond donors (Lipinski definition) is 2. The minimum absolute atomic E-state index is 0.0104. The highest BCUT2D eigenvalue weighted by Gasteiger charge is 2.20. The van der Waals surface area contributed by atoms with Gasteiger partial charge in [-0.3, -0.25) is 9.59 Å². The molecule has 2 N–H and O–H groups in total. The average molecular weight is 295 g/mol. The Balaban J connectivity index is 2.02. The van der Waals surface area contributed by atoms with Crippen molar-refractivity contribution in [3.63, 3.8) is 0 Å². The summed E-state index contributed by atoms with van der Waals surface area (Å²) in [5.74, 6) is 0.219. The lowest BCUT2D eigenvalue weighted by Gasteiger charge is -2.23. The van der Waals surface area contributed by atoms with Crippen LogP contribution in [-0.4, -0.2) is 24.4 Å². The molecule has 0 bridgehead atoms. The van der Waals surface area contributed by atoms with Crippen LogP contribution in [0.3, 0.4) is 0 Å². The standard InChI is InChI=1S/C15H19ClN2O2/c1-9(2)12-5-3-10(7-13(12)16)15(20)18-11-4-6-14(19)17-8-11/h3,5,7,9,11H,4,6,8H2,1-2H3,(H,17,19)(H,18,20). The van der Waals surface area contributed by atoms with Gasteiger partial charge in [-0.1, -0.05) is 31.5 Å². The van der Waals surface area contributed by atoms with Gasteiger partial charge in [-0.15, -0.1) is 0 Å². The minimum Gasteiger partial charge on any atom is -0.354 e. The SMILES string of the molecule is CC(C)c1ccc(C(=O)NC2CCC(=O)NC2)cc1Cl. The Hall–Kier alpha value is -1.55. The summed E-state index contributed by atoms with van der Waals surface area (Å²) in [4.78, 5) is 23.2. The fourth-order valence-corrected chi connectivity index (χ4v) is 2.66. The Labute approximate surface area is 123 Å². The normalized spacial score (nSPS) is 18.8. The molecule has 0 aromatic heterocycles. The second kappa shape index (κ2) is 6.27. The highest BCUT2D eigenvalue weighted by atomic mass is 35.5. The second-order valence-electron chi connectivity index (χ2n) is 5.40. The molecular formula is C15H19ClN2O2. The number of carbonyl (C=O) groups is 2. The van der Waals surface area contributed by atoms with Crippen molar-refractivity contribution in [2.75, 3.05) is 6.54 Å².